The minimum atomic E-state index is -4.41. The van der Waals surface area contributed by atoms with Crippen molar-refractivity contribution in [2.75, 3.05) is 18.0 Å². The highest BCUT2D eigenvalue weighted by molar-refractivity contribution is 7.14. The number of carbonyl (C=O) groups is 2. The molecular formula is C22H25F3N4O2S. The number of alkyl halides is 3. The van der Waals surface area contributed by atoms with Crippen LogP contribution in [0.1, 0.15) is 57.8 Å². The zero-order valence-electron chi connectivity index (χ0n) is 17.5. The van der Waals surface area contributed by atoms with Crippen LogP contribution in [0.4, 0.5) is 19.0 Å². The van der Waals surface area contributed by atoms with Crippen LogP contribution in [0, 0.1) is 5.92 Å². The molecule has 4 rings (SSSR count). The Balaban J connectivity index is 1.25. The van der Waals surface area contributed by atoms with Gasteiger partial charge in [0.15, 0.2) is 0 Å². The van der Waals surface area contributed by atoms with Gasteiger partial charge in [-0.15, -0.1) is 11.3 Å². The van der Waals surface area contributed by atoms with Gasteiger partial charge in [-0.2, -0.15) is 13.2 Å². The van der Waals surface area contributed by atoms with Crippen molar-refractivity contribution in [3.63, 3.8) is 0 Å². The zero-order chi connectivity index (χ0) is 22.7. The molecule has 172 valence electrons. The smallest absolute Gasteiger partial charge is 0.357 e. The molecule has 1 aliphatic carbocycles. The summed E-state index contributed by atoms with van der Waals surface area (Å²) in [5.74, 6) is -0.372. The maximum Gasteiger partial charge on any atom is 0.417 e. The monoisotopic (exact) mass is 466 g/mol. The molecule has 0 unspecified atom stereocenters. The molecule has 0 bridgehead atoms. The average Bonchev–Trinajstić information content (AvgIpc) is 3.07. The second-order valence-electron chi connectivity index (χ2n) is 8.23. The van der Waals surface area contributed by atoms with Gasteiger partial charge in [0.05, 0.1) is 10.4 Å². The van der Waals surface area contributed by atoms with Crippen molar-refractivity contribution in [1.29, 1.82) is 0 Å². The maximum atomic E-state index is 12.7. The highest BCUT2D eigenvalue weighted by atomic mass is 32.1. The molecular weight excluding hydrogens is 441 g/mol. The van der Waals surface area contributed by atoms with Gasteiger partial charge < -0.3 is 4.90 Å². The van der Waals surface area contributed by atoms with E-state index < -0.39 is 11.7 Å². The summed E-state index contributed by atoms with van der Waals surface area (Å²) in [6.07, 6.45) is 2.97. The number of hydrazine groups is 1. The number of amides is 2. The van der Waals surface area contributed by atoms with E-state index >= 15 is 0 Å². The summed E-state index contributed by atoms with van der Waals surface area (Å²) in [6, 6.07) is 4.30. The Morgan fingerprint density at radius 2 is 1.81 bits per heavy atom. The second kappa shape index (κ2) is 9.48. The number of pyridine rings is 1. The largest absolute Gasteiger partial charge is 0.417 e. The minimum Gasteiger partial charge on any atom is -0.357 e. The van der Waals surface area contributed by atoms with E-state index in [1.165, 1.54) is 34.3 Å². The molecule has 0 saturated carbocycles. The van der Waals surface area contributed by atoms with Crippen LogP contribution in [-0.2, 0) is 23.8 Å². The van der Waals surface area contributed by atoms with E-state index in [2.05, 4.69) is 15.8 Å². The first-order chi connectivity index (χ1) is 15.3. The second-order valence-corrected chi connectivity index (χ2v) is 9.36. The fourth-order valence-electron chi connectivity index (χ4n) is 4.17. The number of anilines is 1. The molecule has 3 heterocycles. The Labute approximate surface area is 188 Å². The summed E-state index contributed by atoms with van der Waals surface area (Å²) < 4.78 is 38.1. The number of hydrogen-bond acceptors (Lipinski definition) is 5. The van der Waals surface area contributed by atoms with Gasteiger partial charge in [0.25, 0.3) is 5.91 Å². The molecule has 0 atom stereocenters. The minimum absolute atomic E-state index is 0.253. The highest BCUT2D eigenvalue weighted by Crippen LogP contribution is 2.31. The van der Waals surface area contributed by atoms with Crippen molar-refractivity contribution in [2.45, 2.75) is 51.1 Å². The van der Waals surface area contributed by atoms with Crippen LogP contribution in [0.3, 0.4) is 0 Å². The van der Waals surface area contributed by atoms with Gasteiger partial charge in [0, 0.05) is 30.1 Å². The third-order valence-corrected chi connectivity index (χ3v) is 7.27. The van der Waals surface area contributed by atoms with Gasteiger partial charge >= 0.3 is 6.18 Å². The summed E-state index contributed by atoms with van der Waals surface area (Å²) in [5, 5.41) is 0. The van der Waals surface area contributed by atoms with Crippen LogP contribution in [0.2, 0.25) is 0 Å². The number of rotatable bonds is 3. The molecule has 2 aromatic heterocycles. The quantitative estimate of drug-likeness (QED) is 0.528. The van der Waals surface area contributed by atoms with Gasteiger partial charge in [-0.05, 0) is 62.3 Å². The number of aryl methyl sites for hydroxylation is 2. The number of carbonyl (C=O) groups excluding carboxylic acids is 2. The number of hydrogen-bond donors (Lipinski definition) is 2. The summed E-state index contributed by atoms with van der Waals surface area (Å²) in [4.78, 5) is 32.6. The van der Waals surface area contributed by atoms with E-state index in [9.17, 15) is 22.8 Å². The number of fused-ring (bicyclic) bond motifs is 1. The molecule has 0 aromatic carbocycles. The van der Waals surface area contributed by atoms with Crippen LogP contribution in [0.25, 0.3) is 0 Å². The molecule has 2 N–H and O–H groups in total. The maximum absolute atomic E-state index is 12.7. The molecule has 2 amide bonds. The summed E-state index contributed by atoms with van der Waals surface area (Å²) >= 11 is 1.50. The molecule has 1 saturated heterocycles. The van der Waals surface area contributed by atoms with Crippen LogP contribution in [-0.4, -0.2) is 29.9 Å². The lowest BCUT2D eigenvalue weighted by Gasteiger charge is -2.32. The van der Waals surface area contributed by atoms with Gasteiger partial charge in [-0.25, -0.2) is 4.98 Å². The molecule has 0 radical (unpaired) electrons. The van der Waals surface area contributed by atoms with Crippen LogP contribution in [0.15, 0.2) is 24.4 Å². The first kappa shape index (κ1) is 22.6. The van der Waals surface area contributed by atoms with Crippen LogP contribution >= 0.6 is 11.3 Å². The highest BCUT2D eigenvalue weighted by Gasteiger charge is 2.31. The number of nitrogens with one attached hydrogen (secondary N) is 2. The van der Waals surface area contributed by atoms with Gasteiger partial charge in [-0.3, -0.25) is 20.4 Å². The fraction of sp³-hybridized carbons (Fsp3) is 0.500. The topological polar surface area (TPSA) is 74.3 Å². The Hall–Kier alpha value is -2.62. The lowest BCUT2D eigenvalue weighted by molar-refractivity contribution is -0.137. The van der Waals surface area contributed by atoms with Gasteiger partial charge in [0.1, 0.15) is 5.82 Å². The molecule has 1 aliphatic heterocycles. The van der Waals surface area contributed by atoms with Crippen molar-refractivity contribution in [3.05, 3.63) is 45.3 Å². The predicted molar refractivity (Wildman–Crippen MR) is 115 cm³/mol. The predicted octanol–water partition coefficient (Wildman–Crippen LogP) is 4.11. The van der Waals surface area contributed by atoms with E-state index in [4.69, 9.17) is 0 Å². The van der Waals surface area contributed by atoms with Gasteiger partial charge in [-0.1, -0.05) is 6.42 Å². The third kappa shape index (κ3) is 5.23. The van der Waals surface area contributed by atoms with Crippen LogP contribution in [0.5, 0.6) is 0 Å². The van der Waals surface area contributed by atoms with Crippen molar-refractivity contribution < 1.29 is 22.8 Å². The number of nitrogens with zero attached hydrogens (tertiary/aromatic N) is 2. The number of thiophene rings is 1. The van der Waals surface area contributed by atoms with Crippen molar-refractivity contribution >= 4 is 29.0 Å². The fourth-order valence-corrected chi connectivity index (χ4v) is 5.32. The number of piperidine rings is 1. The normalized spacial score (nSPS) is 17.4. The molecule has 6 nitrogen and oxygen atoms in total. The molecule has 10 heteroatoms. The number of aromatic nitrogens is 1. The van der Waals surface area contributed by atoms with Crippen molar-refractivity contribution in [3.8, 4) is 0 Å². The summed E-state index contributed by atoms with van der Waals surface area (Å²) in [6.45, 7) is 1.00. The van der Waals surface area contributed by atoms with Crippen molar-refractivity contribution in [1.82, 2.24) is 15.8 Å². The lowest BCUT2D eigenvalue weighted by atomic mass is 9.96. The molecule has 2 aliphatic rings. The molecule has 32 heavy (non-hydrogen) atoms. The van der Waals surface area contributed by atoms with E-state index in [-0.39, 0.29) is 17.7 Å². The van der Waals surface area contributed by atoms with Gasteiger partial charge in [0.2, 0.25) is 5.91 Å². The Morgan fingerprint density at radius 3 is 2.50 bits per heavy atom. The lowest BCUT2D eigenvalue weighted by Crippen LogP contribution is -2.47. The SMILES string of the molecule is O=C(NNC(=O)C1CCN(c2ccc(C(F)(F)F)cn2)CC1)c1cc2c(s1)CCCCC2. The average molecular weight is 467 g/mol. The molecule has 0 spiro atoms. The zero-order valence-corrected chi connectivity index (χ0v) is 18.3. The Bertz CT molecular complexity index is 943. The van der Waals surface area contributed by atoms with E-state index in [0.29, 0.717) is 36.6 Å². The standard InChI is InChI=1S/C22H25F3N4O2S/c23-22(24,25)16-6-7-19(26-13-16)29-10-8-14(9-11-29)20(30)27-28-21(31)18-12-15-4-2-1-3-5-17(15)32-18/h6-7,12-14H,1-5,8-11H2,(H,27,30)(H,28,31). The Morgan fingerprint density at radius 1 is 1.06 bits per heavy atom. The first-order valence-corrected chi connectivity index (χ1v) is 11.6. The van der Waals surface area contributed by atoms with E-state index in [1.54, 1.807) is 0 Å². The first-order valence-electron chi connectivity index (χ1n) is 10.8. The number of halogens is 3. The van der Waals surface area contributed by atoms with Crippen molar-refractivity contribution in [2.24, 2.45) is 5.92 Å². The summed E-state index contributed by atoms with van der Waals surface area (Å²) in [7, 11) is 0. The summed E-state index contributed by atoms with van der Waals surface area (Å²) in [5.41, 5.74) is 5.51. The van der Waals surface area contributed by atoms with E-state index in [1.807, 2.05) is 11.0 Å². The molecule has 2 aromatic rings. The third-order valence-electron chi connectivity index (χ3n) is 6.03. The molecule has 1 fully saturated rings. The van der Waals surface area contributed by atoms with E-state index in [0.717, 1.165) is 37.9 Å². The Kier molecular flexibility index (Phi) is 6.68. The van der Waals surface area contributed by atoms with Crippen LogP contribution < -0.4 is 15.8 Å².